The van der Waals surface area contributed by atoms with Crippen LogP contribution in [-0.4, -0.2) is 32.5 Å². The topological polar surface area (TPSA) is 59.8 Å². The van der Waals surface area contributed by atoms with Crippen molar-refractivity contribution in [2.45, 2.75) is 30.7 Å². The highest BCUT2D eigenvalue weighted by Gasteiger charge is 2.17. The van der Waals surface area contributed by atoms with Gasteiger partial charge in [-0.2, -0.15) is 0 Å². The van der Waals surface area contributed by atoms with Gasteiger partial charge in [-0.1, -0.05) is 17.8 Å². The van der Waals surface area contributed by atoms with E-state index in [1.54, 1.807) is 11.3 Å². The zero-order valence-electron chi connectivity index (χ0n) is 11.8. The number of rotatable bonds is 6. The Morgan fingerprint density at radius 3 is 2.95 bits per heavy atom. The minimum absolute atomic E-state index is 0.0345. The minimum Gasteiger partial charge on any atom is -0.355 e. The number of nitrogens with zero attached hydrogens (tertiary/aromatic N) is 3. The average Bonchev–Trinajstić information content (AvgIpc) is 3.04. The van der Waals surface area contributed by atoms with Crippen LogP contribution in [0.2, 0.25) is 0 Å². The van der Waals surface area contributed by atoms with Crippen molar-refractivity contribution in [2.24, 2.45) is 7.05 Å². The van der Waals surface area contributed by atoms with Crippen molar-refractivity contribution in [3.63, 3.8) is 0 Å². The fourth-order valence-corrected chi connectivity index (χ4v) is 3.20. The fourth-order valence-electron chi connectivity index (χ4n) is 1.61. The highest BCUT2D eigenvalue weighted by atomic mass is 32.2. The lowest BCUT2D eigenvalue weighted by atomic mass is 10.3. The number of hydrogen-bond acceptors (Lipinski definition) is 5. The number of aryl methyl sites for hydroxylation is 1. The lowest BCUT2D eigenvalue weighted by molar-refractivity contribution is -0.120. The summed E-state index contributed by atoms with van der Waals surface area (Å²) in [5.41, 5.74) is 0. The summed E-state index contributed by atoms with van der Waals surface area (Å²) < 4.78 is 1.89. The van der Waals surface area contributed by atoms with Crippen LogP contribution in [0.3, 0.4) is 0 Å². The van der Waals surface area contributed by atoms with Gasteiger partial charge >= 0.3 is 0 Å². The Labute approximate surface area is 126 Å². The van der Waals surface area contributed by atoms with Crippen LogP contribution >= 0.6 is 23.1 Å². The molecule has 1 N–H and O–H groups in total. The van der Waals surface area contributed by atoms with E-state index in [1.165, 1.54) is 16.6 Å². The third-order valence-corrected chi connectivity index (χ3v) is 5.02. The maximum absolute atomic E-state index is 12.0. The molecule has 0 fully saturated rings. The molecule has 0 aliphatic carbocycles. The van der Waals surface area contributed by atoms with Crippen LogP contribution in [0.5, 0.6) is 0 Å². The third-order valence-electron chi connectivity index (χ3n) is 2.95. The van der Waals surface area contributed by atoms with Gasteiger partial charge in [0, 0.05) is 18.5 Å². The molecule has 0 aliphatic rings. The molecule has 2 aromatic heterocycles. The van der Waals surface area contributed by atoms with Crippen LogP contribution in [0.4, 0.5) is 0 Å². The first kappa shape index (κ1) is 15.1. The Hall–Kier alpha value is -1.34. The Morgan fingerprint density at radius 1 is 1.55 bits per heavy atom. The van der Waals surface area contributed by atoms with E-state index in [4.69, 9.17) is 0 Å². The number of carbonyl (C=O) groups excluding carboxylic acids is 1. The van der Waals surface area contributed by atoms with E-state index in [1.807, 2.05) is 36.9 Å². The van der Waals surface area contributed by atoms with Gasteiger partial charge in [-0.3, -0.25) is 4.79 Å². The van der Waals surface area contributed by atoms with Crippen molar-refractivity contribution < 1.29 is 4.79 Å². The van der Waals surface area contributed by atoms with Crippen LogP contribution in [-0.2, 0) is 18.3 Å². The Balaban J connectivity index is 1.78. The van der Waals surface area contributed by atoms with E-state index in [2.05, 4.69) is 21.6 Å². The standard InChI is InChI=1S/C13H18N4OS2/c1-9(20-13-16-15-10(2)17(13)3)12(18)14-7-6-11-5-4-8-19-11/h4-5,8-9H,6-7H2,1-3H3,(H,14,18)/t9-/m1/s1. The van der Waals surface area contributed by atoms with Crippen molar-refractivity contribution in [3.05, 3.63) is 28.2 Å². The lowest BCUT2D eigenvalue weighted by Crippen LogP contribution is -2.32. The molecule has 0 saturated heterocycles. The van der Waals surface area contributed by atoms with Crippen LogP contribution in [0.15, 0.2) is 22.7 Å². The molecule has 0 bridgehead atoms. The van der Waals surface area contributed by atoms with Crippen LogP contribution < -0.4 is 5.32 Å². The molecule has 5 nitrogen and oxygen atoms in total. The van der Waals surface area contributed by atoms with Gasteiger partial charge in [-0.15, -0.1) is 21.5 Å². The molecule has 0 radical (unpaired) electrons. The highest BCUT2D eigenvalue weighted by Crippen LogP contribution is 2.21. The summed E-state index contributed by atoms with van der Waals surface area (Å²) in [6.07, 6.45) is 0.879. The molecule has 0 unspecified atom stereocenters. The van der Waals surface area contributed by atoms with E-state index in [-0.39, 0.29) is 11.2 Å². The van der Waals surface area contributed by atoms with Gasteiger partial charge in [0.05, 0.1) is 5.25 Å². The van der Waals surface area contributed by atoms with Crippen LogP contribution in [0, 0.1) is 6.92 Å². The van der Waals surface area contributed by atoms with Crippen molar-refractivity contribution in [1.29, 1.82) is 0 Å². The molecule has 0 aromatic carbocycles. The molecule has 1 amide bonds. The summed E-state index contributed by atoms with van der Waals surface area (Å²) in [5, 5.41) is 13.6. The first-order valence-corrected chi connectivity index (χ1v) is 8.16. The lowest BCUT2D eigenvalue weighted by Gasteiger charge is -2.11. The van der Waals surface area contributed by atoms with Crippen molar-refractivity contribution in [3.8, 4) is 0 Å². The molecule has 0 spiro atoms. The molecule has 1 atom stereocenters. The largest absolute Gasteiger partial charge is 0.355 e. The van der Waals surface area contributed by atoms with Crippen LogP contribution in [0.25, 0.3) is 0 Å². The maximum atomic E-state index is 12.0. The zero-order valence-corrected chi connectivity index (χ0v) is 13.4. The maximum Gasteiger partial charge on any atom is 0.233 e. The molecule has 7 heteroatoms. The van der Waals surface area contributed by atoms with Crippen molar-refractivity contribution in [1.82, 2.24) is 20.1 Å². The third kappa shape index (κ3) is 3.83. The summed E-state index contributed by atoms with van der Waals surface area (Å²) >= 11 is 3.14. The number of nitrogens with one attached hydrogen (secondary N) is 1. The number of thiophene rings is 1. The summed E-state index contributed by atoms with van der Waals surface area (Å²) in [6.45, 7) is 4.44. The fraction of sp³-hybridized carbons (Fsp3) is 0.462. The molecule has 0 aliphatic heterocycles. The van der Waals surface area contributed by atoms with Crippen molar-refractivity contribution in [2.75, 3.05) is 6.54 Å². The number of carbonyl (C=O) groups is 1. The smallest absolute Gasteiger partial charge is 0.233 e. The second-order valence-corrected chi connectivity index (χ2v) is 6.81. The van der Waals surface area contributed by atoms with E-state index >= 15 is 0 Å². The van der Waals surface area contributed by atoms with E-state index in [0.29, 0.717) is 6.54 Å². The molecule has 108 valence electrons. The molecule has 0 saturated carbocycles. The molecule has 2 heterocycles. The normalized spacial score (nSPS) is 12.3. The van der Waals surface area contributed by atoms with E-state index < -0.39 is 0 Å². The molecule has 2 rings (SSSR count). The first-order valence-electron chi connectivity index (χ1n) is 6.40. The predicted octanol–water partition coefficient (Wildman–Crippen LogP) is 2.02. The van der Waals surface area contributed by atoms with Gasteiger partial charge in [0.2, 0.25) is 5.91 Å². The van der Waals surface area contributed by atoms with Gasteiger partial charge in [0.15, 0.2) is 5.16 Å². The Bertz CT molecular complexity index is 565. The second-order valence-electron chi connectivity index (χ2n) is 4.47. The summed E-state index contributed by atoms with van der Waals surface area (Å²) in [6, 6.07) is 4.11. The number of hydrogen-bond donors (Lipinski definition) is 1. The monoisotopic (exact) mass is 310 g/mol. The summed E-state index contributed by atoms with van der Waals surface area (Å²) in [5.74, 6) is 0.880. The van der Waals surface area contributed by atoms with E-state index in [9.17, 15) is 4.79 Å². The number of aromatic nitrogens is 3. The van der Waals surface area contributed by atoms with Gasteiger partial charge in [-0.05, 0) is 31.7 Å². The average molecular weight is 310 g/mol. The molecule has 20 heavy (non-hydrogen) atoms. The highest BCUT2D eigenvalue weighted by molar-refractivity contribution is 8.00. The van der Waals surface area contributed by atoms with Gasteiger partial charge in [0.25, 0.3) is 0 Å². The van der Waals surface area contributed by atoms with E-state index in [0.717, 1.165) is 17.4 Å². The number of amides is 1. The van der Waals surface area contributed by atoms with Crippen molar-refractivity contribution >= 4 is 29.0 Å². The van der Waals surface area contributed by atoms with Gasteiger partial charge in [0.1, 0.15) is 5.82 Å². The Morgan fingerprint density at radius 2 is 2.35 bits per heavy atom. The SMILES string of the molecule is Cc1nnc(S[C@H](C)C(=O)NCCc2cccs2)n1C. The van der Waals surface area contributed by atoms with Gasteiger partial charge < -0.3 is 9.88 Å². The molecular weight excluding hydrogens is 292 g/mol. The summed E-state index contributed by atoms with van der Waals surface area (Å²) in [4.78, 5) is 13.3. The number of thioether (sulfide) groups is 1. The predicted molar refractivity (Wildman–Crippen MR) is 82.1 cm³/mol. The van der Waals surface area contributed by atoms with Gasteiger partial charge in [-0.25, -0.2) is 0 Å². The summed E-state index contributed by atoms with van der Waals surface area (Å²) in [7, 11) is 1.90. The van der Waals surface area contributed by atoms with Crippen LogP contribution in [0.1, 0.15) is 17.6 Å². The second kappa shape index (κ2) is 6.90. The Kier molecular flexibility index (Phi) is 5.19. The quantitative estimate of drug-likeness (QED) is 0.829. The minimum atomic E-state index is -0.180. The molecular formula is C13H18N4OS2. The molecule has 2 aromatic rings. The zero-order chi connectivity index (χ0) is 14.5. The first-order chi connectivity index (χ1) is 9.58.